The lowest BCUT2D eigenvalue weighted by atomic mass is 10.1. The quantitative estimate of drug-likeness (QED) is 0.821. The molecule has 0 bridgehead atoms. The zero-order valence-corrected chi connectivity index (χ0v) is 10.1. The number of hydrogen-bond donors (Lipinski definition) is 0. The van der Waals surface area contributed by atoms with Gasteiger partial charge in [-0.1, -0.05) is 30.3 Å². The molecule has 1 fully saturated rings. The smallest absolute Gasteiger partial charge is 0.191 e. The molecule has 5 nitrogen and oxygen atoms in total. The lowest BCUT2D eigenvalue weighted by Crippen LogP contribution is -2.35. The van der Waals surface area contributed by atoms with Gasteiger partial charge in [0.1, 0.15) is 5.69 Å². The zero-order valence-electron chi connectivity index (χ0n) is 10.1. The second-order valence-corrected chi connectivity index (χ2v) is 4.30. The maximum Gasteiger partial charge on any atom is 0.191 e. The Bertz CT molecular complexity index is 492. The highest BCUT2D eigenvalue weighted by atomic mass is 16.5. The fraction of sp³-hybridized carbons (Fsp3) is 0.385. The largest absolute Gasteiger partial charge is 0.379 e. The molecule has 2 aromatic rings. The number of morpholine rings is 1. The topological polar surface area (TPSA) is 51.4 Å². The molecule has 5 heteroatoms. The van der Waals surface area contributed by atoms with Crippen LogP contribution in [0.5, 0.6) is 0 Å². The predicted molar refractivity (Wildman–Crippen MR) is 65.8 cm³/mol. The first-order valence-electron chi connectivity index (χ1n) is 6.10. The van der Waals surface area contributed by atoms with E-state index in [0.717, 1.165) is 49.9 Å². The van der Waals surface area contributed by atoms with Gasteiger partial charge < -0.3 is 9.26 Å². The molecule has 0 atom stereocenters. The summed E-state index contributed by atoms with van der Waals surface area (Å²) < 4.78 is 10.6. The van der Waals surface area contributed by atoms with Crippen molar-refractivity contribution in [2.75, 3.05) is 26.3 Å². The first-order valence-corrected chi connectivity index (χ1v) is 6.10. The molecule has 3 rings (SSSR count). The Morgan fingerprint density at radius 2 is 1.89 bits per heavy atom. The van der Waals surface area contributed by atoms with Crippen LogP contribution in [0, 0.1) is 0 Å². The number of ether oxygens (including phenoxy) is 1. The molecule has 0 spiro atoms. The van der Waals surface area contributed by atoms with Crippen molar-refractivity contribution >= 4 is 0 Å². The first-order chi connectivity index (χ1) is 8.93. The summed E-state index contributed by atoms with van der Waals surface area (Å²) in [5.41, 5.74) is 1.91. The van der Waals surface area contributed by atoms with Gasteiger partial charge in [0.15, 0.2) is 5.76 Å². The maximum absolute atomic E-state index is 5.33. The van der Waals surface area contributed by atoms with Gasteiger partial charge in [-0.05, 0) is 0 Å². The second kappa shape index (κ2) is 5.29. The molecule has 1 aliphatic rings. The standard InChI is InChI=1S/C13H15N3O2/c1-2-4-11(5-3-1)13-12(14-15-18-13)10-16-6-8-17-9-7-16/h1-5H,6-10H2. The Balaban J connectivity index is 1.79. The minimum absolute atomic E-state index is 0.761. The zero-order chi connectivity index (χ0) is 12.2. The van der Waals surface area contributed by atoms with E-state index in [4.69, 9.17) is 9.26 Å². The van der Waals surface area contributed by atoms with Gasteiger partial charge in [0, 0.05) is 30.5 Å². The third-order valence-corrected chi connectivity index (χ3v) is 3.07. The summed E-state index contributed by atoms with van der Waals surface area (Å²) in [4.78, 5) is 2.30. The molecule has 0 amide bonds. The Labute approximate surface area is 105 Å². The molecule has 0 radical (unpaired) electrons. The van der Waals surface area contributed by atoms with E-state index in [1.165, 1.54) is 0 Å². The summed E-state index contributed by atoms with van der Waals surface area (Å²) in [6, 6.07) is 9.96. The lowest BCUT2D eigenvalue weighted by Gasteiger charge is -2.25. The molecule has 0 N–H and O–H groups in total. The van der Waals surface area contributed by atoms with Crippen LogP contribution in [-0.4, -0.2) is 41.6 Å². The van der Waals surface area contributed by atoms with E-state index in [1.54, 1.807) is 0 Å². The van der Waals surface area contributed by atoms with Crippen LogP contribution in [0.1, 0.15) is 5.69 Å². The van der Waals surface area contributed by atoms with Crippen molar-refractivity contribution in [1.82, 2.24) is 15.3 Å². The highest BCUT2D eigenvalue weighted by Gasteiger charge is 2.17. The highest BCUT2D eigenvalue weighted by molar-refractivity contribution is 5.58. The van der Waals surface area contributed by atoms with Gasteiger partial charge in [-0.2, -0.15) is 0 Å². The van der Waals surface area contributed by atoms with Crippen LogP contribution in [0.2, 0.25) is 0 Å². The summed E-state index contributed by atoms with van der Waals surface area (Å²) in [5, 5.41) is 7.77. The fourth-order valence-corrected chi connectivity index (χ4v) is 2.09. The van der Waals surface area contributed by atoms with Crippen molar-refractivity contribution in [1.29, 1.82) is 0 Å². The molecule has 1 aromatic carbocycles. The average Bonchev–Trinajstić information content (AvgIpc) is 2.89. The van der Waals surface area contributed by atoms with E-state index in [2.05, 4.69) is 15.3 Å². The minimum Gasteiger partial charge on any atom is -0.379 e. The molecule has 0 aliphatic carbocycles. The van der Waals surface area contributed by atoms with Gasteiger partial charge in [-0.15, -0.1) is 5.10 Å². The fourth-order valence-electron chi connectivity index (χ4n) is 2.09. The van der Waals surface area contributed by atoms with Crippen molar-refractivity contribution < 1.29 is 9.26 Å². The third kappa shape index (κ3) is 2.42. The van der Waals surface area contributed by atoms with Crippen molar-refractivity contribution in [2.45, 2.75) is 6.54 Å². The predicted octanol–water partition coefficient (Wildman–Crippen LogP) is 1.57. The van der Waals surface area contributed by atoms with Crippen LogP contribution in [0.25, 0.3) is 11.3 Å². The summed E-state index contributed by atoms with van der Waals surface area (Å²) in [6.07, 6.45) is 0. The Morgan fingerprint density at radius 3 is 2.67 bits per heavy atom. The summed E-state index contributed by atoms with van der Waals surface area (Å²) in [7, 11) is 0. The highest BCUT2D eigenvalue weighted by Crippen LogP contribution is 2.22. The van der Waals surface area contributed by atoms with E-state index in [0.29, 0.717) is 0 Å². The van der Waals surface area contributed by atoms with E-state index < -0.39 is 0 Å². The molecule has 0 saturated carbocycles. The van der Waals surface area contributed by atoms with Gasteiger partial charge in [0.05, 0.1) is 13.2 Å². The molecule has 2 heterocycles. The minimum atomic E-state index is 0.761. The van der Waals surface area contributed by atoms with Crippen LogP contribution in [-0.2, 0) is 11.3 Å². The Morgan fingerprint density at radius 1 is 1.11 bits per heavy atom. The van der Waals surface area contributed by atoms with Gasteiger partial charge in [0.2, 0.25) is 0 Å². The maximum atomic E-state index is 5.33. The molecule has 18 heavy (non-hydrogen) atoms. The molecular formula is C13H15N3O2. The SMILES string of the molecule is c1ccc(-c2onnc2CN2CCOCC2)cc1. The Hall–Kier alpha value is -1.72. The number of aromatic nitrogens is 2. The van der Waals surface area contributed by atoms with E-state index in [9.17, 15) is 0 Å². The molecule has 1 saturated heterocycles. The normalized spacial score (nSPS) is 16.9. The lowest BCUT2D eigenvalue weighted by molar-refractivity contribution is 0.0337. The van der Waals surface area contributed by atoms with Crippen LogP contribution >= 0.6 is 0 Å². The monoisotopic (exact) mass is 245 g/mol. The van der Waals surface area contributed by atoms with Gasteiger partial charge in [-0.3, -0.25) is 4.90 Å². The number of nitrogens with zero attached hydrogens (tertiary/aromatic N) is 3. The van der Waals surface area contributed by atoms with Crippen LogP contribution in [0.15, 0.2) is 34.9 Å². The van der Waals surface area contributed by atoms with Crippen LogP contribution < -0.4 is 0 Å². The molecule has 1 aliphatic heterocycles. The summed E-state index contributed by atoms with van der Waals surface area (Å²) >= 11 is 0. The van der Waals surface area contributed by atoms with E-state index in [1.807, 2.05) is 30.3 Å². The Kier molecular flexibility index (Phi) is 3.34. The van der Waals surface area contributed by atoms with Gasteiger partial charge >= 0.3 is 0 Å². The summed E-state index contributed by atoms with van der Waals surface area (Å²) in [6.45, 7) is 4.19. The molecule has 94 valence electrons. The van der Waals surface area contributed by atoms with Crippen molar-refractivity contribution in [3.8, 4) is 11.3 Å². The summed E-state index contributed by atoms with van der Waals surface area (Å²) in [5.74, 6) is 0.766. The van der Waals surface area contributed by atoms with Gasteiger partial charge in [-0.25, -0.2) is 0 Å². The first kappa shape index (κ1) is 11.4. The van der Waals surface area contributed by atoms with E-state index in [-0.39, 0.29) is 0 Å². The van der Waals surface area contributed by atoms with Crippen molar-refractivity contribution in [3.05, 3.63) is 36.0 Å². The van der Waals surface area contributed by atoms with Crippen molar-refractivity contribution in [2.24, 2.45) is 0 Å². The second-order valence-electron chi connectivity index (χ2n) is 4.30. The molecule has 0 unspecified atom stereocenters. The molecule has 1 aromatic heterocycles. The molecular weight excluding hydrogens is 230 g/mol. The van der Waals surface area contributed by atoms with Crippen molar-refractivity contribution in [3.63, 3.8) is 0 Å². The van der Waals surface area contributed by atoms with E-state index >= 15 is 0 Å². The average molecular weight is 245 g/mol. The number of benzene rings is 1. The van der Waals surface area contributed by atoms with Crippen LogP contribution in [0.3, 0.4) is 0 Å². The number of rotatable bonds is 3. The number of hydrogen-bond acceptors (Lipinski definition) is 5. The van der Waals surface area contributed by atoms with Gasteiger partial charge in [0.25, 0.3) is 0 Å². The van der Waals surface area contributed by atoms with Crippen LogP contribution in [0.4, 0.5) is 0 Å². The third-order valence-electron chi connectivity index (χ3n) is 3.07.